The average molecular weight is 294 g/mol. The minimum atomic E-state index is -0.115. The van der Waals surface area contributed by atoms with E-state index in [1.54, 1.807) is 6.07 Å². The van der Waals surface area contributed by atoms with Crippen molar-refractivity contribution < 1.29 is 4.39 Å². The molecule has 0 aromatic heterocycles. The minimum absolute atomic E-state index is 0.0912. The third-order valence-corrected chi connectivity index (χ3v) is 4.28. The Morgan fingerprint density at radius 1 is 1.24 bits per heavy atom. The van der Waals surface area contributed by atoms with Gasteiger partial charge in [-0.15, -0.1) is 0 Å². The summed E-state index contributed by atoms with van der Waals surface area (Å²) in [6.45, 7) is 12.9. The molecule has 0 aliphatic carbocycles. The third-order valence-electron chi connectivity index (χ3n) is 4.28. The molecule has 21 heavy (non-hydrogen) atoms. The summed E-state index contributed by atoms with van der Waals surface area (Å²) in [4.78, 5) is 2.23. The van der Waals surface area contributed by atoms with E-state index < -0.39 is 0 Å². The lowest BCUT2D eigenvalue weighted by molar-refractivity contribution is 0.197. The predicted molar refractivity (Wildman–Crippen MR) is 89.0 cm³/mol. The second-order valence-electron chi connectivity index (χ2n) is 6.94. The van der Waals surface area contributed by atoms with E-state index in [0.717, 1.165) is 25.1 Å². The lowest BCUT2D eigenvalue weighted by Gasteiger charge is -2.34. The molecule has 0 bridgehead atoms. The van der Waals surface area contributed by atoms with Crippen LogP contribution in [0.1, 0.15) is 52.6 Å². The largest absolute Gasteiger partial charge is 0.314 e. The van der Waals surface area contributed by atoms with Crippen LogP contribution in [0.4, 0.5) is 4.39 Å². The third kappa shape index (κ3) is 5.40. The SMILES string of the molecule is CCNC(CCN(C)C(C)c1ccccc1F)C(C)(C)C. The fourth-order valence-electron chi connectivity index (χ4n) is 2.67. The van der Waals surface area contributed by atoms with Gasteiger partial charge in [-0.1, -0.05) is 45.9 Å². The molecule has 0 saturated carbocycles. The smallest absolute Gasteiger partial charge is 0.127 e. The molecule has 0 amide bonds. The molecule has 2 nitrogen and oxygen atoms in total. The van der Waals surface area contributed by atoms with Gasteiger partial charge in [-0.3, -0.25) is 4.90 Å². The first-order valence-electron chi connectivity index (χ1n) is 7.95. The van der Waals surface area contributed by atoms with Crippen molar-refractivity contribution in [3.05, 3.63) is 35.6 Å². The molecule has 0 heterocycles. The topological polar surface area (TPSA) is 15.3 Å². The first-order valence-corrected chi connectivity index (χ1v) is 7.95. The van der Waals surface area contributed by atoms with Crippen molar-refractivity contribution in [3.8, 4) is 0 Å². The maximum atomic E-state index is 13.9. The van der Waals surface area contributed by atoms with E-state index in [9.17, 15) is 4.39 Å². The number of hydrogen-bond acceptors (Lipinski definition) is 2. The highest BCUT2D eigenvalue weighted by Crippen LogP contribution is 2.25. The fourth-order valence-corrected chi connectivity index (χ4v) is 2.67. The Balaban J connectivity index is 2.64. The Morgan fingerprint density at radius 2 is 1.86 bits per heavy atom. The average Bonchev–Trinajstić information content (AvgIpc) is 2.41. The number of nitrogens with one attached hydrogen (secondary N) is 1. The Kier molecular flexibility index (Phi) is 6.82. The number of halogens is 1. The van der Waals surface area contributed by atoms with Gasteiger partial charge in [0.15, 0.2) is 0 Å². The summed E-state index contributed by atoms with van der Waals surface area (Å²) in [6, 6.07) is 7.62. The van der Waals surface area contributed by atoms with Gasteiger partial charge in [0, 0.05) is 17.6 Å². The summed E-state index contributed by atoms with van der Waals surface area (Å²) < 4.78 is 13.9. The summed E-state index contributed by atoms with van der Waals surface area (Å²) in [5.41, 5.74) is 1.01. The van der Waals surface area contributed by atoms with E-state index in [1.165, 1.54) is 6.07 Å². The Hall–Kier alpha value is -0.930. The van der Waals surface area contributed by atoms with Crippen molar-refractivity contribution in [2.45, 2.75) is 53.1 Å². The molecule has 0 spiro atoms. The van der Waals surface area contributed by atoms with Crippen molar-refractivity contribution in [1.82, 2.24) is 10.2 Å². The van der Waals surface area contributed by atoms with Crippen molar-refractivity contribution in [2.24, 2.45) is 5.41 Å². The molecule has 1 N–H and O–H groups in total. The molecule has 1 aromatic carbocycles. The monoisotopic (exact) mass is 294 g/mol. The van der Waals surface area contributed by atoms with Gasteiger partial charge in [-0.05, 0) is 45.0 Å². The standard InChI is InChI=1S/C18H31FN2/c1-7-20-17(18(3,4)5)12-13-21(6)14(2)15-10-8-9-11-16(15)19/h8-11,14,17,20H,7,12-13H2,1-6H3. The van der Waals surface area contributed by atoms with Crippen LogP contribution in [0.25, 0.3) is 0 Å². The number of nitrogens with zero attached hydrogens (tertiary/aromatic N) is 1. The molecule has 0 aliphatic rings. The van der Waals surface area contributed by atoms with Crippen LogP contribution in [0.5, 0.6) is 0 Å². The normalized spacial score (nSPS) is 15.2. The Labute approximate surface area is 129 Å². The number of rotatable bonds is 7. The maximum absolute atomic E-state index is 13.9. The zero-order valence-electron chi connectivity index (χ0n) is 14.4. The molecule has 3 heteroatoms. The molecule has 0 aliphatic heterocycles. The maximum Gasteiger partial charge on any atom is 0.127 e. The van der Waals surface area contributed by atoms with E-state index in [0.29, 0.717) is 6.04 Å². The quantitative estimate of drug-likeness (QED) is 0.809. The van der Waals surface area contributed by atoms with Gasteiger partial charge in [0.05, 0.1) is 0 Å². The summed E-state index contributed by atoms with van der Waals surface area (Å²) >= 11 is 0. The lowest BCUT2D eigenvalue weighted by atomic mass is 9.84. The van der Waals surface area contributed by atoms with Gasteiger partial charge in [-0.2, -0.15) is 0 Å². The van der Waals surface area contributed by atoms with Crippen LogP contribution < -0.4 is 5.32 Å². The van der Waals surface area contributed by atoms with E-state index in [2.05, 4.69) is 51.9 Å². The van der Waals surface area contributed by atoms with Gasteiger partial charge in [0.2, 0.25) is 0 Å². The zero-order valence-corrected chi connectivity index (χ0v) is 14.4. The molecule has 0 fully saturated rings. The highest BCUT2D eigenvalue weighted by atomic mass is 19.1. The van der Waals surface area contributed by atoms with Crippen LogP contribution in [-0.4, -0.2) is 31.1 Å². The van der Waals surface area contributed by atoms with Gasteiger partial charge in [-0.25, -0.2) is 4.39 Å². The summed E-state index contributed by atoms with van der Waals surface area (Å²) in [6.07, 6.45) is 1.06. The molecule has 1 rings (SSSR count). The van der Waals surface area contributed by atoms with E-state index in [-0.39, 0.29) is 17.3 Å². The molecule has 0 saturated heterocycles. The second-order valence-corrected chi connectivity index (χ2v) is 6.94. The molecule has 1 aromatic rings. The Morgan fingerprint density at radius 3 is 2.38 bits per heavy atom. The van der Waals surface area contributed by atoms with Crippen LogP contribution in [0, 0.1) is 11.2 Å². The molecule has 0 radical (unpaired) electrons. The first-order chi connectivity index (χ1) is 9.77. The number of hydrogen-bond donors (Lipinski definition) is 1. The fraction of sp³-hybridized carbons (Fsp3) is 0.667. The van der Waals surface area contributed by atoms with Crippen molar-refractivity contribution in [1.29, 1.82) is 0 Å². The van der Waals surface area contributed by atoms with E-state index >= 15 is 0 Å². The van der Waals surface area contributed by atoms with Crippen LogP contribution in [0.2, 0.25) is 0 Å². The summed E-state index contributed by atoms with van der Waals surface area (Å²) in [7, 11) is 2.07. The zero-order chi connectivity index (χ0) is 16.0. The summed E-state index contributed by atoms with van der Waals surface area (Å²) in [5.74, 6) is -0.115. The van der Waals surface area contributed by atoms with Gasteiger partial charge in [0.25, 0.3) is 0 Å². The minimum Gasteiger partial charge on any atom is -0.314 e. The lowest BCUT2D eigenvalue weighted by Crippen LogP contribution is -2.42. The molecule has 2 atom stereocenters. The number of benzene rings is 1. The first kappa shape index (κ1) is 18.1. The van der Waals surface area contributed by atoms with Crippen molar-refractivity contribution in [3.63, 3.8) is 0 Å². The van der Waals surface area contributed by atoms with Crippen LogP contribution in [0.3, 0.4) is 0 Å². The van der Waals surface area contributed by atoms with Gasteiger partial charge in [0.1, 0.15) is 5.82 Å². The van der Waals surface area contributed by atoms with Crippen molar-refractivity contribution >= 4 is 0 Å². The van der Waals surface area contributed by atoms with E-state index in [1.807, 2.05) is 12.1 Å². The molecular weight excluding hydrogens is 263 g/mol. The highest BCUT2D eigenvalue weighted by Gasteiger charge is 2.24. The van der Waals surface area contributed by atoms with Crippen LogP contribution in [-0.2, 0) is 0 Å². The van der Waals surface area contributed by atoms with Crippen molar-refractivity contribution in [2.75, 3.05) is 20.1 Å². The molecule has 2 unspecified atom stereocenters. The second kappa shape index (κ2) is 7.90. The van der Waals surface area contributed by atoms with Crippen LogP contribution >= 0.6 is 0 Å². The predicted octanol–water partition coefficient (Wildman–Crippen LogP) is 4.23. The van der Waals surface area contributed by atoms with Gasteiger partial charge < -0.3 is 5.32 Å². The van der Waals surface area contributed by atoms with E-state index in [4.69, 9.17) is 0 Å². The molecular formula is C18H31FN2. The Bertz CT molecular complexity index is 425. The summed E-state index contributed by atoms with van der Waals surface area (Å²) in [5, 5.41) is 3.57. The van der Waals surface area contributed by atoms with Crippen LogP contribution in [0.15, 0.2) is 24.3 Å². The van der Waals surface area contributed by atoms with Gasteiger partial charge >= 0.3 is 0 Å². The highest BCUT2D eigenvalue weighted by molar-refractivity contribution is 5.20. The molecule has 120 valence electrons.